The average molecular weight is 311 g/mol. The first-order chi connectivity index (χ1) is 11.2. The Morgan fingerprint density at radius 2 is 2.22 bits per heavy atom. The number of rotatable bonds is 3. The second kappa shape index (κ2) is 5.37. The smallest absolute Gasteiger partial charge is 0.226 e. The molecule has 4 rings (SSSR count). The summed E-state index contributed by atoms with van der Waals surface area (Å²) in [7, 11) is 2.05. The van der Waals surface area contributed by atoms with Gasteiger partial charge in [0.2, 0.25) is 5.91 Å². The summed E-state index contributed by atoms with van der Waals surface area (Å²) < 4.78 is 0. The summed E-state index contributed by atoms with van der Waals surface area (Å²) in [5, 5.41) is 10.1. The first-order valence-electron chi connectivity index (χ1n) is 8.15. The van der Waals surface area contributed by atoms with Gasteiger partial charge in [-0.3, -0.25) is 9.89 Å². The largest absolute Gasteiger partial charge is 0.374 e. The van der Waals surface area contributed by atoms with E-state index in [0.717, 1.165) is 38.1 Å². The summed E-state index contributed by atoms with van der Waals surface area (Å²) in [6, 6.07) is 8.31. The third-order valence-electron chi connectivity index (χ3n) is 5.17. The molecule has 1 atom stereocenters. The van der Waals surface area contributed by atoms with Gasteiger partial charge in [0.1, 0.15) is 12.2 Å². The first-order valence-corrected chi connectivity index (χ1v) is 8.15. The van der Waals surface area contributed by atoms with E-state index in [0.29, 0.717) is 0 Å². The van der Waals surface area contributed by atoms with Crippen LogP contribution in [0.2, 0.25) is 0 Å². The predicted molar refractivity (Wildman–Crippen MR) is 87.0 cm³/mol. The lowest BCUT2D eigenvalue weighted by Gasteiger charge is -2.42. The van der Waals surface area contributed by atoms with Crippen LogP contribution in [-0.4, -0.2) is 34.7 Å². The maximum atomic E-state index is 12.9. The van der Waals surface area contributed by atoms with Crippen LogP contribution in [0, 0.1) is 5.92 Å². The number of para-hydroxylation sites is 1. The Balaban J connectivity index is 1.52. The van der Waals surface area contributed by atoms with Gasteiger partial charge in [-0.05, 0) is 37.3 Å². The summed E-state index contributed by atoms with van der Waals surface area (Å²) in [6.45, 7) is 0.745. The van der Waals surface area contributed by atoms with Crippen LogP contribution in [0.15, 0.2) is 30.6 Å². The molecule has 0 bridgehead atoms. The minimum absolute atomic E-state index is 0.0321. The summed E-state index contributed by atoms with van der Waals surface area (Å²) in [5.74, 6) is 0.861. The van der Waals surface area contributed by atoms with E-state index < -0.39 is 0 Å². The second-order valence-electron chi connectivity index (χ2n) is 6.67. The molecule has 1 aromatic carbocycles. The Kier molecular flexibility index (Phi) is 3.32. The van der Waals surface area contributed by atoms with Crippen LogP contribution in [0.3, 0.4) is 0 Å². The van der Waals surface area contributed by atoms with E-state index in [1.807, 2.05) is 19.2 Å². The van der Waals surface area contributed by atoms with E-state index in [1.165, 1.54) is 17.6 Å². The number of nitrogens with one attached hydrogen (secondary N) is 2. The highest BCUT2D eigenvalue weighted by Crippen LogP contribution is 2.40. The summed E-state index contributed by atoms with van der Waals surface area (Å²) in [6.07, 6.45) is 5.25. The van der Waals surface area contributed by atoms with E-state index in [2.05, 4.69) is 37.5 Å². The first kappa shape index (κ1) is 14.2. The molecule has 1 fully saturated rings. The monoisotopic (exact) mass is 311 g/mol. The van der Waals surface area contributed by atoms with Crippen LogP contribution in [0.25, 0.3) is 0 Å². The van der Waals surface area contributed by atoms with Gasteiger partial charge in [-0.2, -0.15) is 5.10 Å². The summed E-state index contributed by atoms with van der Waals surface area (Å²) >= 11 is 0. The van der Waals surface area contributed by atoms with Gasteiger partial charge in [-0.25, -0.2) is 4.98 Å². The molecular weight excluding hydrogens is 290 g/mol. The Hall–Kier alpha value is -2.37. The Labute approximate surface area is 135 Å². The van der Waals surface area contributed by atoms with Crippen LogP contribution in [0.1, 0.15) is 30.7 Å². The second-order valence-corrected chi connectivity index (χ2v) is 6.67. The van der Waals surface area contributed by atoms with Gasteiger partial charge < -0.3 is 10.2 Å². The van der Waals surface area contributed by atoms with Crippen molar-refractivity contribution in [2.75, 3.05) is 18.5 Å². The number of anilines is 1. The van der Waals surface area contributed by atoms with Crippen LogP contribution in [0.4, 0.5) is 5.69 Å². The molecule has 1 saturated carbocycles. The van der Waals surface area contributed by atoms with Crippen molar-refractivity contribution >= 4 is 11.6 Å². The quantitative estimate of drug-likeness (QED) is 0.903. The fourth-order valence-electron chi connectivity index (χ4n) is 3.72. The molecule has 120 valence electrons. The Morgan fingerprint density at radius 3 is 2.91 bits per heavy atom. The fourth-order valence-corrected chi connectivity index (χ4v) is 3.72. The Bertz CT molecular complexity index is 708. The molecule has 1 aromatic heterocycles. The van der Waals surface area contributed by atoms with Crippen molar-refractivity contribution in [2.24, 2.45) is 5.92 Å². The molecule has 2 aliphatic rings. The third-order valence-corrected chi connectivity index (χ3v) is 5.17. The van der Waals surface area contributed by atoms with Gasteiger partial charge in [0.05, 0.1) is 11.5 Å². The molecule has 2 N–H and O–H groups in total. The van der Waals surface area contributed by atoms with Crippen LogP contribution in [-0.2, 0) is 16.8 Å². The summed E-state index contributed by atoms with van der Waals surface area (Å²) in [5.41, 5.74) is 2.12. The number of fused-ring (bicyclic) bond motifs is 1. The summed E-state index contributed by atoms with van der Waals surface area (Å²) in [4.78, 5) is 19.3. The number of nitrogens with zero attached hydrogens (tertiary/aromatic N) is 3. The number of amides is 1. The number of carbonyl (C=O) groups is 1. The number of H-pyrrole nitrogens is 1. The zero-order chi connectivity index (χ0) is 15.9. The lowest BCUT2D eigenvalue weighted by molar-refractivity contribution is -0.128. The molecule has 6 nitrogen and oxygen atoms in total. The molecule has 1 aliphatic carbocycles. The fraction of sp³-hybridized carbons (Fsp3) is 0.471. The van der Waals surface area contributed by atoms with Crippen molar-refractivity contribution in [1.82, 2.24) is 20.5 Å². The van der Waals surface area contributed by atoms with Crippen LogP contribution >= 0.6 is 0 Å². The zero-order valence-corrected chi connectivity index (χ0v) is 13.2. The minimum atomic E-state index is -0.344. The maximum absolute atomic E-state index is 12.9. The zero-order valence-electron chi connectivity index (χ0n) is 13.2. The van der Waals surface area contributed by atoms with Crippen LogP contribution in [0.5, 0.6) is 0 Å². The van der Waals surface area contributed by atoms with Crippen molar-refractivity contribution in [3.05, 3.63) is 42.0 Å². The molecule has 2 heterocycles. The topological polar surface area (TPSA) is 73.9 Å². The Morgan fingerprint density at radius 1 is 1.39 bits per heavy atom. The predicted octanol–water partition coefficient (Wildman–Crippen LogP) is 1.61. The molecule has 0 spiro atoms. The van der Waals surface area contributed by atoms with Gasteiger partial charge in [-0.15, -0.1) is 0 Å². The highest BCUT2D eigenvalue weighted by Gasteiger charge is 2.44. The molecule has 1 aliphatic heterocycles. The molecule has 23 heavy (non-hydrogen) atoms. The highest BCUT2D eigenvalue weighted by atomic mass is 16.2. The third kappa shape index (κ3) is 2.38. The number of aromatic amines is 1. The minimum Gasteiger partial charge on any atom is -0.374 e. The van der Waals surface area contributed by atoms with Crippen molar-refractivity contribution in [2.45, 2.75) is 31.2 Å². The number of hydrogen-bond acceptors (Lipinski definition) is 4. The molecular formula is C17H21N5O. The van der Waals surface area contributed by atoms with E-state index in [4.69, 9.17) is 0 Å². The lowest BCUT2D eigenvalue weighted by Crippen LogP contribution is -2.55. The molecule has 1 amide bonds. The standard InChI is InChI=1S/C17H21N5O/c1-22-10-13(9-12-5-2-3-6-14(12)22)15(23)20-17(7-4-8-17)16-18-11-19-21-16/h2-3,5-6,11,13H,4,7-10H2,1H3,(H,20,23)(H,18,19,21). The van der Waals surface area contributed by atoms with Gasteiger partial charge in [0.15, 0.2) is 0 Å². The molecule has 0 saturated heterocycles. The van der Waals surface area contributed by atoms with Gasteiger partial charge >= 0.3 is 0 Å². The van der Waals surface area contributed by atoms with Gasteiger partial charge in [-0.1, -0.05) is 18.2 Å². The highest BCUT2D eigenvalue weighted by molar-refractivity contribution is 5.82. The molecule has 2 aromatic rings. The van der Waals surface area contributed by atoms with E-state index >= 15 is 0 Å². The number of carbonyl (C=O) groups excluding carboxylic acids is 1. The molecule has 0 radical (unpaired) electrons. The van der Waals surface area contributed by atoms with E-state index in [1.54, 1.807) is 0 Å². The van der Waals surface area contributed by atoms with Crippen LogP contribution < -0.4 is 10.2 Å². The molecule has 6 heteroatoms. The lowest BCUT2D eigenvalue weighted by atomic mass is 9.75. The maximum Gasteiger partial charge on any atom is 0.226 e. The SMILES string of the molecule is CN1CC(C(=O)NC2(c3ncn[nH]3)CCC2)Cc2ccccc21. The normalized spacial score (nSPS) is 22.1. The van der Waals surface area contributed by atoms with Crippen molar-refractivity contribution in [3.63, 3.8) is 0 Å². The van der Waals surface area contributed by atoms with E-state index in [-0.39, 0.29) is 17.4 Å². The van der Waals surface area contributed by atoms with E-state index in [9.17, 15) is 4.79 Å². The van der Waals surface area contributed by atoms with Crippen molar-refractivity contribution in [3.8, 4) is 0 Å². The van der Waals surface area contributed by atoms with Gasteiger partial charge in [0, 0.05) is 19.3 Å². The number of benzene rings is 1. The molecule has 1 unspecified atom stereocenters. The average Bonchev–Trinajstić information content (AvgIpc) is 3.05. The van der Waals surface area contributed by atoms with Crippen molar-refractivity contribution in [1.29, 1.82) is 0 Å². The number of hydrogen-bond donors (Lipinski definition) is 2. The van der Waals surface area contributed by atoms with Gasteiger partial charge in [0.25, 0.3) is 0 Å². The number of aromatic nitrogens is 3. The van der Waals surface area contributed by atoms with Crippen molar-refractivity contribution < 1.29 is 4.79 Å².